The van der Waals surface area contributed by atoms with Gasteiger partial charge in [0.1, 0.15) is 0 Å². The standard InChI is InChI=1S/C7H8ClF3/c1-3-6(8)4-5(2)7(9,10)11/h3-4H,1-2H3/b5-4+,6-3+. The molecule has 0 rings (SSSR count). The van der Waals surface area contributed by atoms with E-state index in [1.54, 1.807) is 6.92 Å². The van der Waals surface area contributed by atoms with E-state index < -0.39 is 11.7 Å². The zero-order chi connectivity index (χ0) is 9.07. The van der Waals surface area contributed by atoms with Crippen LogP contribution in [0.3, 0.4) is 0 Å². The van der Waals surface area contributed by atoms with Crippen LogP contribution in [0.4, 0.5) is 13.2 Å². The minimum Gasteiger partial charge on any atom is -0.166 e. The van der Waals surface area contributed by atoms with Crippen molar-refractivity contribution in [2.24, 2.45) is 0 Å². The molecule has 0 atom stereocenters. The van der Waals surface area contributed by atoms with Crippen molar-refractivity contribution in [2.75, 3.05) is 0 Å². The number of rotatable bonds is 1. The molecule has 0 aliphatic rings. The van der Waals surface area contributed by atoms with Gasteiger partial charge in [-0.05, 0) is 19.9 Å². The van der Waals surface area contributed by atoms with Crippen molar-refractivity contribution in [3.8, 4) is 0 Å². The van der Waals surface area contributed by atoms with Crippen LogP contribution in [0.1, 0.15) is 13.8 Å². The molecule has 0 amide bonds. The van der Waals surface area contributed by atoms with Crippen LogP contribution in [0.2, 0.25) is 0 Å². The van der Waals surface area contributed by atoms with Crippen molar-refractivity contribution < 1.29 is 13.2 Å². The smallest absolute Gasteiger partial charge is 0.166 e. The Hall–Kier alpha value is -0.440. The molecule has 0 aromatic carbocycles. The molecule has 0 bridgehead atoms. The summed E-state index contributed by atoms with van der Waals surface area (Å²) in [6, 6.07) is 0. The molecule has 0 aromatic heterocycles. The first-order valence-electron chi connectivity index (χ1n) is 2.95. The van der Waals surface area contributed by atoms with Crippen LogP contribution in [0.25, 0.3) is 0 Å². The van der Waals surface area contributed by atoms with E-state index in [4.69, 9.17) is 11.6 Å². The van der Waals surface area contributed by atoms with Crippen molar-refractivity contribution >= 4 is 11.6 Å². The zero-order valence-electron chi connectivity index (χ0n) is 6.17. The van der Waals surface area contributed by atoms with Crippen LogP contribution >= 0.6 is 11.6 Å². The van der Waals surface area contributed by atoms with Gasteiger partial charge in [0, 0.05) is 10.6 Å². The second-order valence-corrected chi connectivity index (χ2v) is 2.44. The van der Waals surface area contributed by atoms with Gasteiger partial charge in [-0.2, -0.15) is 13.2 Å². The Morgan fingerprint density at radius 1 is 1.36 bits per heavy atom. The summed E-state index contributed by atoms with van der Waals surface area (Å²) in [5.41, 5.74) is -0.694. The summed E-state index contributed by atoms with van der Waals surface area (Å²) in [5, 5.41) is 0.0971. The summed E-state index contributed by atoms with van der Waals surface area (Å²) in [6.45, 7) is 2.55. The predicted octanol–water partition coefficient (Wildman–Crippen LogP) is 3.64. The Labute approximate surface area is 68.3 Å². The summed E-state index contributed by atoms with van der Waals surface area (Å²) in [7, 11) is 0. The highest BCUT2D eigenvalue weighted by Crippen LogP contribution is 2.26. The lowest BCUT2D eigenvalue weighted by Crippen LogP contribution is -2.08. The molecule has 0 saturated carbocycles. The molecule has 0 fully saturated rings. The minimum absolute atomic E-state index is 0.0971. The van der Waals surface area contributed by atoms with Gasteiger partial charge in [0.2, 0.25) is 0 Å². The molecule has 0 nitrogen and oxygen atoms in total. The summed E-state index contributed by atoms with van der Waals surface area (Å²) >= 11 is 5.35. The highest BCUT2D eigenvalue weighted by Gasteiger charge is 2.29. The van der Waals surface area contributed by atoms with Crippen LogP contribution in [-0.4, -0.2) is 6.18 Å². The van der Waals surface area contributed by atoms with Gasteiger partial charge in [0.05, 0.1) is 0 Å². The summed E-state index contributed by atoms with van der Waals surface area (Å²) < 4.78 is 35.4. The van der Waals surface area contributed by atoms with Crippen LogP contribution in [0.5, 0.6) is 0 Å². The van der Waals surface area contributed by atoms with Crippen LogP contribution < -0.4 is 0 Å². The molecule has 0 radical (unpaired) electrons. The highest BCUT2D eigenvalue weighted by molar-refractivity contribution is 6.31. The topological polar surface area (TPSA) is 0 Å². The molecule has 0 aliphatic carbocycles. The van der Waals surface area contributed by atoms with Crippen molar-refractivity contribution in [3.63, 3.8) is 0 Å². The average Bonchev–Trinajstić information content (AvgIpc) is 1.85. The van der Waals surface area contributed by atoms with Crippen molar-refractivity contribution in [1.29, 1.82) is 0 Å². The summed E-state index contributed by atoms with van der Waals surface area (Å²) in [5.74, 6) is 0. The molecule has 64 valence electrons. The van der Waals surface area contributed by atoms with Crippen LogP contribution in [-0.2, 0) is 0 Å². The van der Waals surface area contributed by atoms with E-state index in [0.29, 0.717) is 0 Å². The second-order valence-electron chi connectivity index (χ2n) is 2.00. The first-order valence-corrected chi connectivity index (χ1v) is 3.33. The first kappa shape index (κ1) is 10.6. The van der Waals surface area contributed by atoms with Gasteiger partial charge < -0.3 is 0 Å². The molecule has 0 saturated heterocycles. The molecule has 0 N–H and O–H groups in total. The lowest BCUT2D eigenvalue weighted by molar-refractivity contribution is -0.0913. The molecule has 0 aromatic rings. The molecule has 0 aliphatic heterocycles. The number of allylic oxidation sites excluding steroid dienone is 4. The van der Waals surface area contributed by atoms with Crippen molar-refractivity contribution in [1.82, 2.24) is 0 Å². The molecular formula is C7H8ClF3. The second kappa shape index (κ2) is 3.81. The van der Waals surface area contributed by atoms with Gasteiger partial charge in [-0.25, -0.2) is 0 Å². The van der Waals surface area contributed by atoms with E-state index in [0.717, 1.165) is 13.0 Å². The zero-order valence-corrected chi connectivity index (χ0v) is 6.92. The Bertz CT molecular complexity index is 188. The van der Waals surface area contributed by atoms with E-state index in [-0.39, 0.29) is 5.03 Å². The SMILES string of the molecule is C/C=C(Cl)\C=C(/C)C(F)(F)F. The van der Waals surface area contributed by atoms with Gasteiger partial charge in [0.25, 0.3) is 0 Å². The summed E-state index contributed by atoms with van der Waals surface area (Å²) in [6.07, 6.45) is -1.98. The normalized spacial score (nSPS) is 15.5. The van der Waals surface area contributed by atoms with Crippen molar-refractivity contribution in [2.45, 2.75) is 20.0 Å². The number of alkyl halides is 3. The quantitative estimate of drug-likeness (QED) is 0.546. The van der Waals surface area contributed by atoms with Crippen LogP contribution in [0.15, 0.2) is 22.8 Å². The average molecular weight is 185 g/mol. The maximum Gasteiger partial charge on any atom is 0.412 e. The molecule has 0 spiro atoms. The first-order chi connectivity index (χ1) is 4.88. The maximum atomic E-state index is 11.8. The van der Waals surface area contributed by atoms with Crippen molar-refractivity contribution in [3.05, 3.63) is 22.8 Å². The fourth-order valence-electron chi connectivity index (χ4n) is 0.372. The molecule has 0 heterocycles. The lowest BCUT2D eigenvalue weighted by Gasteiger charge is -2.04. The third kappa shape index (κ3) is 4.09. The Balaban J connectivity index is 4.48. The highest BCUT2D eigenvalue weighted by atomic mass is 35.5. The Morgan fingerprint density at radius 2 is 1.82 bits per heavy atom. The van der Waals surface area contributed by atoms with Gasteiger partial charge in [-0.3, -0.25) is 0 Å². The third-order valence-electron chi connectivity index (χ3n) is 1.08. The fraction of sp³-hybridized carbons (Fsp3) is 0.429. The van der Waals surface area contributed by atoms with Gasteiger partial charge in [0.15, 0.2) is 0 Å². The van der Waals surface area contributed by atoms with E-state index in [1.165, 1.54) is 6.08 Å². The minimum atomic E-state index is -4.27. The largest absolute Gasteiger partial charge is 0.412 e. The number of halogens is 4. The molecule has 11 heavy (non-hydrogen) atoms. The van der Waals surface area contributed by atoms with E-state index in [1.807, 2.05) is 0 Å². The molecular weight excluding hydrogens is 177 g/mol. The van der Waals surface area contributed by atoms with E-state index in [9.17, 15) is 13.2 Å². The Morgan fingerprint density at radius 3 is 2.09 bits per heavy atom. The Kier molecular flexibility index (Phi) is 3.66. The maximum absolute atomic E-state index is 11.8. The number of hydrogen-bond donors (Lipinski definition) is 0. The van der Waals surface area contributed by atoms with Gasteiger partial charge in [-0.1, -0.05) is 17.7 Å². The van der Waals surface area contributed by atoms with E-state index >= 15 is 0 Å². The third-order valence-corrected chi connectivity index (χ3v) is 1.40. The molecule has 4 heteroatoms. The predicted molar refractivity (Wildman–Crippen MR) is 39.4 cm³/mol. The van der Waals surface area contributed by atoms with Gasteiger partial charge in [-0.15, -0.1) is 0 Å². The van der Waals surface area contributed by atoms with Crippen LogP contribution in [0, 0.1) is 0 Å². The lowest BCUT2D eigenvalue weighted by atomic mass is 10.2. The fourth-order valence-corrected chi connectivity index (χ4v) is 0.536. The number of hydrogen-bond acceptors (Lipinski definition) is 0. The summed E-state index contributed by atoms with van der Waals surface area (Å²) in [4.78, 5) is 0. The van der Waals surface area contributed by atoms with E-state index in [2.05, 4.69) is 0 Å². The molecule has 0 unspecified atom stereocenters. The van der Waals surface area contributed by atoms with Gasteiger partial charge >= 0.3 is 6.18 Å². The monoisotopic (exact) mass is 184 g/mol.